The number of hydrogen-bond acceptors (Lipinski definition) is 7. The van der Waals surface area contributed by atoms with Gasteiger partial charge in [0.2, 0.25) is 11.9 Å². The highest BCUT2D eigenvalue weighted by Crippen LogP contribution is 2.27. The minimum atomic E-state index is -0.785. The summed E-state index contributed by atoms with van der Waals surface area (Å²) < 4.78 is 14.6. The Morgan fingerprint density at radius 2 is 2.00 bits per heavy atom. The molecule has 0 saturated heterocycles. The molecule has 0 bridgehead atoms. The Kier molecular flexibility index (Phi) is 6.60. The quantitative estimate of drug-likeness (QED) is 0.790. The van der Waals surface area contributed by atoms with E-state index in [0.29, 0.717) is 13.0 Å². The van der Waals surface area contributed by atoms with Crippen molar-refractivity contribution < 1.29 is 18.8 Å². The number of anilines is 1. The van der Waals surface area contributed by atoms with Crippen molar-refractivity contribution in [2.45, 2.75) is 45.1 Å². The van der Waals surface area contributed by atoms with E-state index in [-0.39, 0.29) is 36.4 Å². The molecule has 2 heterocycles. The van der Waals surface area contributed by atoms with Gasteiger partial charge in [-0.2, -0.15) is 5.10 Å². The molecule has 1 aliphatic rings. The predicted octanol–water partition coefficient (Wildman–Crippen LogP) is 1.51. The minimum absolute atomic E-state index is 0.00924. The van der Waals surface area contributed by atoms with Crippen LogP contribution in [0, 0.1) is 5.82 Å². The van der Waals surface area contributed by atoms with E-state index < -0.39 is 17.4 Å². The minimum Gasteiger partial charge on any atom is -0.292 e. The molecule has 1 atom stereocenters. The van der Waals surface area contributed by atoms with Crippen molar-refractivity contribution >= 4 is 29.3 Å². The van der Waals surface area contributed by atoms with Gasteiger partial charge in [-0.15, -0.1) is 0 Å². The Morgan fingerprint density at radius 3 is 2.70 bits per heavy atom. The molecule has 30 heavy (non-hydrogen) atoms. The third-order valence-corrected chi connectivity index (χ3v) is 4.77. The van der Waals surface area contributed by atoms with Gasteiger partial charge in [-0.3, -0.25) is 19.7 Å². The number of Topliss-reactive ketones (excluding diaryl/α,β-unsaturated/α-hetero) is 1. The van der Waals surface area contributed by atoms with Crippen LogP contribution < -0.4 is 5.32 Å². The van der Waals surface area contributed by atoms with Crippen LogP contribution in [-0.4, -0.2) is 55.6 Å². The molecule has 158 valence electrons. The molecule has 2 aromatic rings. The van der Waals surface area contributed by atoms with Gasteiger partial charge in [0.1, 0.15) is 5.82 Å². The smallest absolute Gasteiger partial charge is 0.282 e. The van der Waals surface area contributed by atoms with Crippen LogP contribution in [-0.2, 0) is 20.9 Å². The highest BCUT2D eigenvalue weighted by Gasteiger charge is 2.29. The number of benzene rings is 1. The van der Waals surface area contributed by atoms with Crippen LogP contribution in [0.3, 0.4) is 0 Å². The Labute approximate surface area is 172 Å². The van der Waals surface area contributed by atoms with E-state index in [4.69, 9.17) is 0 Å². The van der Waals surface area contributed by atoms with E-state index in [9.17, 15) is 18.8 Å². The number of hydrogen-bond donors (Lipinski definition) is 1. The van der Waals surface area contributed by atoms with Crippen LogP contribution in [0.4, 0.5) is 10.3 Å². The van der Waals surface area contributed by atoms with Crippen molar-refractivity contribution in [3.8, 4) is 0 Å². The molecule has 0 radical (unpaired) electrons. The van der Waals surface area contributed by atoms with E-state index in [2.05, 4.69) is 25.9 Å². The van der Waals surface area contributed by atoms with Crippen LogP contribution >= 0.6 is 0 Å². The highest BCUT2D eigenvalue weighted by molar-refractivity contribution is 6.67. The number of ketones is 1. The summed E-state index contributed by atoms with van der Waals surface area (Å²) in [4.78, 5) is 38.0. The van der Waals surface area contributed by atoms with Crippen LogP contribution in [0.2, 0.25) is 0 Å². The Balaban J connectivity index is 1.80. The van der Waals surface area contributed by atoms with Gasteiger partial charge in [0.05, 0.1) is 0 Å². The summed E-state index contributed by atoms with van der Waals surface area (Å²) in [5.41, 5.74) is 0.356. The zero-order valence-corrected chi connectivity index (χ0v) is 16.7. The van der Waals surface area contributed by atoms with Crippen molar-refractivity contribution in [3.63, 3.8) is 0 Å². The first-order chi connectivity index (χ1) is 14.4. The lowest BCUT2D eigenvalue weighted by Crippen LogP contribution is -2.34. The number of carbonyl (C=O) groups is 3. The lowest BCUT2D eigenvalue weighted by atomic mass is 9.89. The Bertz CT molecular complexity index is 971. The highest BCUT2D eigenvalue weighted by atomic mass is 19.1. The summed E-state index contributed by atoms with van der Waals surface area (Å²) in [6, 6.07) is 5.82. The van der Waals surface area contributed by atoms with Crippen LogP contribution in [0.25, 0.3) is 0 Å². The van der Waals surface area contributed by atoms with Crippen LogP contribution in [0.5, 0.6) is 0 Å². The summed E-state index contributed by atoms with van der Waals surface area (Å²) in [5.74, 6) is -2.23. The third kappa shape index (κ3) is 4.91. The van der Waals surface area contributed by atoms with Gasteiger partial charge in [-0.1, -0.05) is 24.2 Å². The normalized spacial score (nSPS) is 17.8. The lowest BCUT2D eigenvalue weighted by Gasteiger charge is -2.17. The molecule has 1 aliphatic heterocycles. The number of carbonyl (C=O) groups excluding carboxylic acids is 3. The second-order valence-electron chi connectivity index (χ2n) is 6.96. The number of halogens is 1. The third-order valence-electron chi connectivity index (χ3n) is 4.77. The molecule has 1 N–H and O–H groups in total. The van der Waals surface area contributed by atoms with E-state index in [0.717, 1.165) is 17.0 Å². The van der Waals surface area contributed by atoms with E-state index in [1.807, 2.05) is 6.92 Å². The number of aryl methyl sites for hydroxylation is 1. The van der Waals surface area contributed by atoms with Gasteiger partial charge in [0.25, 0.3) is 5.91 Å². The molecule has 10 nitrogen and oxygen atoms in total. The maximum Gasteiger partial charge on any atom is 0.282 e. The zero-order chi connectivity index (χ0) is 21.7. The molecule has 3 rings (SSSR count). The van der Waals surface area contributed by atoms with Crippen LogP contribution in [0.1, 0.15) is 44.1 Å². The summed E-state index contributed by atoms with van der Waals surface area (Å²) in [5, 5.41) is 18.5. The number of tetrazole rings is 1. The fourth-order valence-electron chi connectivity index (χ4n) is 3.14. The second kappa shape index (κ2) is 9.33. The Morgan fingerprint density at radius 1 is 1.27 bits per heavy atom. The van der Waals surface area contributed by atoms with Gasteiger partial charge in [0, 0.05) is 26.4 Å². The molecule has 2 amide bonds. The number of nitrogens with one attached hydrogen (secondary N) is 1. The molecule has 1 unspecified atom stereocenters. The first-order valence-electron chi connectivity index (χ1n) is 9.60. The van der Waals surface area contributed by atoms with Gasteiger partial charge >= 0.3 is 0 Å². The molecule has 0 aliphatic carbocycles. The van der Waals surface area contributed by atoms with E-state index >= 15 is 0 Å². The topological polar surface area (TPSA) is 122 Å². The molecule has 0 fully saturated rings. The first-order valence-corrected chi connectivity index (χ1v) is 9.60. The molecule has 11 heteroatoms. The van der Waals surface area contributed by atoms with Crippen LogP contribution in [0.15, 0.2) is 29.4 Å². The molecule has 0 spiro atoms. The largest absolute Gasteiger partial charge is 0.292 e. The number of amides is 2. The fourth-order valence-corrected chi connectivity index (χ4v) is 3.14. The van der Waals surface area contributed by atoms with E-state index in [1.54, 1.807) is 12.1 Å². The van der Waals surface area contributed by atoms with Gasteiger partial charge in [-0.25, -0.2) is 14.1 Å². The Hall–Kier alpha value is -3.50. The van der Waals surface area contributed by atoms with Crippen molar-refractivity contribution in [1.29, 1.82) is 0 Å². The summed E-state index contributed by atoms with van der Waals surface area (Å²) >= 11 is 0. The second-order valence-corrected chi connectivity index (χ2v) is 6.96. The predicted molar refractivity (Wildman–Crippen MR) is 105 cm³/mol. The van der Waals surface area contributed by atoms with Gasteiger partial charge in [0.15, 0.2) is 11.5 Å². The summed E-state index contributed by atoms with van der Waals surface area (Å²) in [7, 11) is 1.39. The molecular weight excluding hydrogens is 393 g/mol. The maximum atomic E-state index is 13.2. The first kappa shape index (κ1) is 21.2. The molecule has 1 aromatic heterocycles. The van der Waals surface area contributed by atoms with Gasteiger partial charge in [-0.05, 0) is 46.9 Å². The maximum absolute atomic E-state index is 13.2. The van der Waals surface area contributed by atoms with Gasteiger partial charge < -0.3 is 0 Å². The van der Waals surface area contributed by atoms with Crippen molar-refractivity contribution in [2.75, 3.05) is 12.4 Å². The summed E-state index contributed by atoms with van der Waals surface area (Å²) in [6.07, 6.45) is 1.16. The van der Waals surface area contributed by atoms with E-state index in [1.165, 1.54) is 23.9 Å². The van der Waals surface area contributed by atoms with Crippen molar-refractivity contribution in [2.24, 2.45) is 5.10 Å². The number of hydrazone groups is 1. The fraction of sp³-hybridized carbons (Fsp3) is 0.421. The SMILES string of the molecule is CCCn1nnnc1NC(=O)C1=NN(C)C(=O)CC(c2ccc(F)cc2)CCC1=O. The molecule has 0 saturated carbocycles. The number of aromatic nitrogens is 4. The number of rotatable bonds is 5. The zero-order valence-electron chi connectivity index (χ0n) is 16.7. The standard InChI is InChI=1S/C19H22FN7O3/c1-3-10-27-19(22-24-25-27)21-18(30)17-15(28)9-6-13(11-16(29)26(2)23-17)12-4-7-14(20)8-5-12/h4-5,7-8,13H,3,6,9-11H2,1-2H3,(H,21,22,25,30). The monoisotopic (exact) mass is 415 g/mol. The lowest BCUT2D eigenvalue weighted by molar-refractivity contribution is -0.130. The average molecular weight is 415 g/mol. The van der Waals surface area contributed by atoms with Crippen molar-refractivity contribution in [1.82, 2.24) is 25.2 Å². The van der Waals surface area contributed by atoms with Crippen molar-refractivity contribution in [3.05, 3.63) is 35.6 Å². The summed E-state index contributed by atoms with van der Waals surface area (Å²) in [6.45, 7) is 2.41. The molecular formula is C19H22FN7O3. The number of nitrogens with zero attached hydrogens (tertiary/aromatic N) is 6. The molecule has 1 aromatic carbocycles. The average Bonchev–Trinajstić information content (AvgIpc) is 3.17.